The average Bonchev–Trinajstić information content (AvgIpc) is 2.63. The van der Waals surface area contributed by atoms with Crippen LogP contribution in [0.1, 0.15) is 32.1 Å². The number of allylic oxidation sites excluding steroid dienone is 1. The van der Waals surface area contributed by atoms with E-state index in [2.05, 4.69) is 0 Å². The van der Waals surface area contributed by atoms with Crippen LogP contribution in [-0.2, 0) is 4.74 Å². The van der Waals surface area contributed by atoms with Crippen LogP contribution in [0.2, 0.25) is 0 Å². The number of hydrogen-bond donors (Lipinski definition) is 1. The zero-order valence-corrected chi connectivity index (χ0v) is 7.76. The van der Waals surface area contributed by atoms with Gasteiger partial charge in [0.15, 0.2) is 5.67 Å². The van der Waals surface area contributed by atoms with Crippen molar-refractivity contribution in [3.63, 3.8) is 0 Å². The summed E-state index contributed by atoms with van der Waals surface area (Å²) in [6.45, 7) is 0.646. The lowest BCUT2D eigenvalue weighted by Crippen LogP contribution is -2.37. The van der Waals surface area contributed by atoms with Crippen LogP contribution in [0.3, 0.4) is 0 Å². The van der Waals surface area contributed by atoms with Crippen LogP contribution in [0, 0.1) is 0 Å². The first kappa shape index (κ1) is 9.00. The predicted octanol–water partition coefficient (Wildman–Crippen LogP) is 1.90. The molecule has 2 nitrogen and oxygen atoms in total. The van der Waals surface area contributed by atoms with Crippen LogP contribution in [0.25, 0.3) is 0 Å². The third-order valence-corrected chi connectivity index (χ3v) is 2.97. The van der Waals surface area contributed by atoms with E-state index in [1.807, 2.05) is 6.08 Å². The Labute approximate surface area is 77.9 Å². The Bertz CT molecular complexity index is 219. The van der Waals surface area contributed by atoms with Crippen LogP contribution in [0.4, 0.5) is 4.39 Å². The molecule has 3 heteroatoms. The zero-order chi connectivity index (χ0) is 9.31. The molecule has 0 aromatic carbocycles. The van der Waals surface area contributed by atoms with Crippen molar-refractivity contribution in [2.24, 2.45) is 5.73 Å². The molecule has 2 aliphatic rings. The molecule has 2 rings (SSSR count). The van der Waals surface area contributed by atoms with Gasteiger partial charge in [-0.2, -0.15) is 0 Å². The van der Waals surface area contributed by atoms with E-state index in [0.717, 1.165) is 19.3 Å². The maximum atomic E-state index is 14.2. The van der Waals surface area contributed by atoms with Crippen molar-refractivity contribution in [1.82, 2.24) is 0 Å². The average molecular weight is 185 g/mol. The van der Waals surface area contributed by atoms with Crippen molar-refractivity contribution in [2.75, 3.05) is 6.61 Å². The molecule has 0 spiro atoms. The van der Waals surface area contributed by atoms with Gasteiger partial charge < -0.3 is 10.5 Å². The van der Waals surface area contributed by atoms with Crippen molar-refractivity contribution in [3.05, 3.63) is 11.8 Å². The number of nitrogens with two attached hydrogens (primary N) is 1. The van der Waals surface area contributed by atoms with Gasteiger partial charge in [0.25, 0.3) is 0 Å². The standard InChI is InChI=1S/C10H16FNO/c11-10(9-2-1-7-13-9)5-3-8(12)4-6-10/h2,8H,1,3-7,12H2. The second-order valence-corrected chi connectivity index (χ2v) is 4.01. The van der Waals surface area contributed by atoms with E-state index in [4.69, 9.17) is 10.5 Å². The van der Waals surface area contributed by atoms with E-state index in [0.29, 0.717) is 25.2 Å². The van der Waals surface area contributed by atoms with Gasteiger partial charge in [-0.05, 0) is 31.8 Å². The summed E-state index contributed by atoms with van der Waals surface area (Å²) in [5, 5.41) is 0. The summed E-state index contributed by atoms with van der Waals surface area (Å²) in [5.41, 5.74) is 4.53. The molecule has 0 atom stereocenters. The number of ether oxygens (including phenoxy) is 1. The predicted molar refractivity (Wildman–Crippen MR) is 48.9 cm³/mol. The van der Waals surface area contributed by atoms with Gasteiger partial charge >= 0.3 is 0 Å². The van der Waals surface area contributed by atoms with Crippen LogP contribution in [-0.4, -0.2) is 18.3 Å². The lowest BCUT2D eigenvalue weighted by atomic mass is 9.82. The maximum absolute atomic E-state index is 14.2. The highest BCUT2D eigenvalue weighted by Crippen LogP contribution is 2.39. The molecule has 0 bridgehead atoms. The first-order valence-electron chi connectivity index (χ1n) is 4.99. The first-order chi connectivity index (χ1) is 6.21. The number of rotatable bonds is 1. The Kier molecular flexibility index (Phi) is 2.28. The Morgan fingerprint density at radius 3 is 2.69 bits per heavy atom. The smallest absolute Gasteiger partial charge is 0.167 e. The number of hydrogen-bond acceptors (Lipinski definition) is 2. The van der Waals surface area contributed by atoms with E-state index in [1.54, 1.807) is 0 Å². The van der Waals surface area contributed by atoms with E-state index in [-0.39, 0.29) is 6.04 Å². The molecule has 0 saturated heterocycles. The minimum Gasteiger partial charge on any atom is -0.495 e. The fraction of sp³-hybridized carbons (Fsp3) is 0.800. The topological polar surface area (TPSA) is 35.2 Å². The fourth-order valence-electron chi connectivity index (χ4n) is 2.07. The molecular formula is C10H16FNO. The third-order valence-electron chi connectivity index (χ3n) is 2.97. The largest absolute Gasteiger partial charge is 0.495 e. The normalized spacial score (nSPS) is 39.8. The number of halogens is 1. The van der Waals surface area contributed by atoms with Gasteiger partial charge in [0.2, 0.25) is 0 Å². The Morgan fingerprint density at radius 1 is 1.46 bits per heavy atom. The van der Waals surface area contributed by atoms with Gasteiger partial charge in [0.1, 0.15) is 5.76 Å². The summed E-state index contributed by atoms with van der Waals surface area (Å²) in [7, 11) is 0. The molecule has 13 heavy (non-hydrogen) atoms. The van der Waals surface area contributed by atoms with Crippen LogP contribution < -0.4 is 5.73 Å². The Morgan fingerprint density at radius 2 is 2.15 bits per heavy atom. The molecular weight excluding hydrogens is 169 g/mol. The van der Waals surface area contributed by atoms with Crippen molar-refractivity contribution >= 4 is 0 Å². The van der Waals surface area contributed by atoms with E-state index in [9.17, 15) is 4.39 Å². The van der Waals surface area contributed by atoms with Gasteiger partial charge in [0, 0.05) is 12.5 Å². The van der Waals surface area contributed by atoms with Crippen molar-refractivity contribution in [3.8, 4) is 0 Å². The second kappa shape index (κ2) is 3.29. The van der Waals surface area contributed by atoms with Crippen LogP contribution in [0.15, 0.2) is 11.8 Å². The molecule has 0 amide bonds. The van der Waals surface area contributed by atoms with Gasteiger partial charge in [-0.15, -0.1) is 0 Å². The summed E-state index contributed by atoms with van der Waals surface area (Å²) in [6, 6.07) is 0.186. The molecule has 2 N–H and O–H groups in total. The van der Waals surface area contributed by atoms with Crippen molar-refractivity contribution < 1.29 is 9.13 Å². The van der Waals surface area contributed by atoms with E-state index < -0.39 is 5.67 Å². The Balaban J connectivity index is 2.03. The number of alkyl halides is 1. The van der Waals surface area contributed by atoms with Crippen molar-refractivity contribution in [1.29, 1.82) is 0 Å². The summed E-state index contributed by atoms with van der Waals surface area (Å²) < 4.78 is 19.5. The van der Waals surface area contributed by atoms with Crippen molar-refractivity contribution in [2.45, 2.75) is 43.8 Å². The first-order valence-corrected chi connectivity index (χ1v) is 4.99. The van der Waals surface area contributed by atoms with Crippen LogP contribution >= 0.6 is 0 Å². The van der Waals surface area contributed by atoms with Crippen LogP contribution in [0.5, 0.6) is 0 Å². The van der Waals surface area contributed by atoms with Gasteiger partial charge in [-0.25, -0.2) is 4.39 Å². The lowest BCUT2D eigenvalue weighted by molar-refractivity contribution is 0.0637. The molecule has 1 heterocycles. The highest BCUT2D eigenvalue weighted by molar-refractivity contribution is 5.15. The monoisotopic (exact) mass is 185 g/mol. The lowest BCUT2D eigenvalue weighted by Gasteiger charge is -2.32. The zero-order valence-electron chi connectivity index (χ0n) is 7.76. The summed E-state index contributed by atoms with van der Waals surface area (Å²) in [6.07, 6.45) is 5.35. The summed E-state index contributed by atoms with van der Waals surface area (Å²) in [4.78, 5) is 0. The van der Waals surface area contributed by atoms with Gasteiger partial charge in [-0.1, -0.05) is 0 Å². The summed E-state index contributed by atoms with van der Waals surface area (Å²) >= 11 is 0. The quantitative estimate of drug-likeness (QED) is 0.677. The summed E-state index contributed by atoms with van der Waals surface area (Å²) in [5.74, 6) is 0.569. The Hall–Kier alpha value is -0.570. The molecule has 0 aromatic heterocycles. The van der Waals surface area contributed by atoms with Gasteiger partial charge in [-0.3, -0.25) is 0 Å². The SMILES string of the molecule is NC1CCC(F)(C2=CCCO2)CC1. The molecule has 74 valence electrons. The molecule has 0 aromatic rings. The highest BCUT2D eigenvalue weighted by atomic mass is 19.1. The third kappa shape index (κ3) is 1.70. The molecule has 1 aliphatic heterocycles. The molecule has 0 unspecified atom stereocenters. The molecule has 1 saturated carbocycles. The van der Waals surface area contributed by atoms with E-state index >= 15 is 0 Å². The molecule has 1 aliphatic carbocycles. The minimum atomic E-state index is -1.20. The molecule has 0 radical (unpaired) electrons. The van der Waals surface area contributed by atoms with Gasteiger partial charge in [0.05, 0.1) is 6.61 Å². The fourth-order valence-corrected chi connectivity index (χ4v) is 2.07. The second-order valence-electron chi connectivity index (χ2n) is 4.01. The molecule has 1 fully saturated rings. The maximum Gasteiger partial charge on any atom is 0.167 e. The highest BCUT2D eigenvalue weighted by Gasteiger charge is 2.40. The van der Waals surface area contributed by atoms with E-state index in [1.165, 1.54) is 0 Å². The minimum absolute atomic E-state index is 0.186.